The zero-order valence-corrected chi connectivity index (χ0v) is 19.2. The van der Waals surface area contributed by atoms with Gasteiger partial charge in [0.15, 0.2) is 0 Å². The third-order valence-electron chi connectivity index (χ3n) is 7.14. The molecule has 32 heavy (non-hydrogen) atoms. The molecule has 0 aromatic carbocycles. The van der Waals surface area contributed by atoms with Crippen LogP contribution in [0.15, 0.2) is 18.5 Å². The van der Waals surface area contributed by atoms with Crippen molar-refractivity contribution in [1.29, 1.82) is 0 Å². The van der Waals surface area contributed by atoms with Gasteiger partial charge in [-0.1, -0.05) is 19.3 Å². The number of aromatic nitrogens is 2. The molecule has 3 aliphatic rings. The van der Waals surface area contributed by atoms with E-state index < -0.39 is 0 Å². The molecular weight excluding hydrogens is 406 g/mol. The Morgan fingerprint density at radius 2 is 1.47 bits per heavy atom. The summed E-state index contributed by atoms with van der Waals surface area (Å²) in [4.78, 5) is 40.4. The van der Waals surface area contributed by atoms with Crippen molar-refractivity contribution >= 4 is 17.9 Å². The van der Waals surface area contributed by atoms with E-state index in [9.17, 15) is 9.59 Å². The molecule has 0 bridgehead atoms. The van der Waals surface area contributed by atoms with Crippen LogP contribution in [-0.2, 0) is 4.79 Å². The maximum absolute atomic E-state index is 13.1. The predicted molar refractivity (Wildman–Crippen MR) is 123 cm³/mol. The van der Waals surface area contributed by atoms with Crippen LogP contribution >= 0.6 is 0 Å². The Morgan fingerprint density at radius 3 is 2.09 bits per heavy atom. The Bertz CT molecular complexity index is 740. The van der Waals surface area contributed by atoms with E-state index in [4.69, 9.17) is 0 Å². The van der Waals surface area contributed by atoms with Crippen LogP contribution in [0.25, 0.3) is 0 Å². The van der Waals surface area contributed by atoms with Crippen molar-refractivity contribution in [3.63, 3.8) is 0 Å². The number of piperazine rings is 1. The van der Waals surface area contributed by atoms with Gasteiger partial charge >= 0.3 is 6.03 Å². The summed E-state index contributed by atoms with van der Waals surface area (Å²) in [6, 6.07) is 2.17. The van der Waals surface area contributed by atoms with Gasteiger partial charge in [0.1, 0.15) is 0 Å². The molecule has 9 nitrogen and oxygen atoms in total. The second-order valence-electron chi connectivity index (χ2n) is 9.30. The normalized spacial score (nSPS) is 22.4. The third kappa shape index (κ3) is 5.88. The molecule has 2 aliphatic heterocycles. The highest BCUT2D eigenvalue weighted by Crippen LogP contribution is 2.19. The number of piperidine rings is 1. The van der Waals surface area contributed by atoms with Gasteiger partial charge in [0.2, 0.25) is 11.9 Å². The average molecular weight is 444 g/mol. The second-order valence-corrected chi connectivity index (χ2v) is 9.30. The Balaban J connectivity index is 1.17. The van der Waals surface area contributed by atoms with Gasteiger partial charge in [-0.15, -0.1) is 0 Å². The number of hydrogen-bond acceptors (Lipinski definition) is 6. The molecule has 1 atom stereocenters. The molecule has 2 N–H and O–H groups in total. The number of nitrogens with zero attached hydrogens (tertiary/aromatic N) is 5. The van der Waals surface area contributed by atoms with Crippen molar-refractivity contribution < 1.29 is 9.59 Å². The van der Waals surface area contributed by atoms with Crippen molar-refractivity contribution in [1.82, 2.24) is 30.4 Å². The molecule has 1 aromatic rings. The number of likely N-dealkylation sites (tertiary alicyclic amines) is 1. The first kappa shape index (κ1) is 22.8. The predicted octanol–water partition coefficient (Wildman–Crippen LogP) is 1.61. The molecule has 3 amide bonds. The van der Waals surface area contributed by atoms with E-state index in [2.05, 4.69) is 30.4 Å². The number of carbonyl (C=O) groups excluding carboxylic acids is 2. The van der Waals surface area contributed by atoms with Crippen LogP contribution in [0.2, 0.25) is 0 Å². The molecule has 1 aliphatic carbocycles. The summed E-state index contributed by atoms with van der Waals surface area (Å²) >= 11 is 0. The molecule has 1 aromatic heterocycles. The summed E-state index contributed by atoms with van der Waals surface area (Å²) in [5.74, 6) is 0.926. The van der Waals surface area contributed by atoms with E-state index in [1.165, 1.54) is 19.3 Å². The van der Waals surface area contributed by atoms with E-state index >= 15 is 0 Å². The van der Waals surface area contributed by atoms with Crippen LogP contribution in [0.1, 0.15) is 51.9 Å². The van der Waals surface area contributed by atoms with Crippen molar-refractivity contribution in [2.24, 2.45) is 0 Å². The average Bonchev–Trinajstić information content (AvgIpc) is 2.85. The highest BCUT2D eigenvalue weighted by atomic mass is 16.2. The zero-order valence-electron chi connectivity index (χ0n) is 19.2. The fourth-order valence-corrected chi connectivity index (χ4v) is 5.09. The summed E-state index contributed by atoms with van der Waals surface area (Å²) < 4.78 is 0. The Hall–Kier alpha value is -2.42. The number of anilines is 1. The van der Waals surface area contributed by atoms with Gasteiger partial charge in [0, 0.05) is 63.7 Å². The standard InChI is InChI=1S/C23H37N7O2/c1-18(21(31)29-14-16-30(17-15-29)22-24-10-5-11-25-22)28-12-8-20(9-13-28)27-23(32)26-19-6-3-2-4-7-19/h5,10-11,18-20H,2-4,6-9,12-17H2,1H3,(H2,26,27,32). The van der Waals surface area contributed by atoms with Gasteiger partial charge < -0.3 is 20.4 Å². The van der Waals surface area contributed by atoms with Crippen LogP contribution in [0.3, 0.4) is 0 Å². The smallest absolute Gasteiger partial charge is 0.315 e. The highest BCUT2D eigenvalue weighted by Gasteiger charge is 2.31. The van der Waals surface area contributed by atoms with E-state index in [0.717, 1.165) is 57.8 Å². The lowest BCUT2D eigenvalue weighted by atomic mass is 9.96. The minimum absolute atomic E-state index is 0.0280. The summed E-state index contributed by atoms with van der Waals surface area (Å²) in [5.41, 5.74) is 0. The van der Waals surface area contributed by atoms with Crippen LogP contribution in [0.5, 0.6) is 0 Å². The maximum Gasteiger partial charge on any atom is 0.315 e. The second kappa shape index (κ2) is 10.9. The van der Waals surface area contributed by atoms with E-state index in [1.807, 2.05) is 17.9 Å². The summed E-state index contributed by atoms with van der Waals surface area (Å²) in [6.45, 7) is 6.58. The number of urea groups is 1. The van der Waals surface area contributed by atoms with E-state index in [1.54, 1.807) is 12.4 Å². The Labute approximate surface area is 190 Å². The Kier molecular flexibility index (Phi) is 7.78. The lowest BCUT2D eigenvalue weighted by Gasteiger charge is -2.40. The van der Waals surface area contributed by atoms with Gasteiger partial charge in [0.25, 0.3) is 0 Å². The number of carbonyl (C=O) groups is 2. The largest absolute Gasteiger partial charge is 0.338 e. The minimum Gasteiger partial charge on any atom is -0.338 e. The Morgan fingerprint density at radius 1 is 0.875 bits per heavy atom. The fraction of sp³-hybridized carbons (Fsp3) is 0.739. The first-order valence-electron chi connectivity index (χ1n) is 12.2. The van der Waals surface area contributed by atoms with Gasteiger partial charge in [-0.25, -0.2) is 14.8 Å². The van der Waals surface area contributed by atoms with Crippen molar-refractivity contribution in [2.45, 2.75) is 70.0 Å². The molecule has 176 valence electrons. The molecule has 4 rings (SSSR count). The van der Waals surface area contributed by atoms with Gasteiger partial charge in [0.05, 0.1) is 6.04 Å². The third-order valence-corrected chi connectivity index (χ3v) is 7.14. The number of rotatable bonds is 5. The highest BCUT2D eigenvalue weighted by molar-refractivity contribution is 5.81. The molecule has 3 heterocycles. The quantitative estimate of drug-likeness (QED) is 0.718. The first-order valence-corrected chi connectivity index (χ1v) is 12.2. The molecule has 2 saturated heterocycles. The van der Waals surface area contributed by atoms with Gasteiger partial charge in [-0.05, 0) is 38.7 Å². The van der Waals surface area contributed by atoms with Crippen LogP contribution in [-0.4, -0.2) is 89.1 Å². The molecule has 1 unspecified atom stereocenters. The van der Waals surface area contributed by atoms with Crippen LogP contribution in [0, 0.1) is 0 Å². The van der Waals surface area contributed by atoms with E-state index in [-0.39, 0.29) is 24.0 Å². The summed E-state index contributed by atoms with van der Waals surface area (Å²) in [5, 5.41) is 6.29. The molecule has 0 radical (unpaired) electrons. The minimum atomic E-state index is -0.133. The topological polar surface area (TPSA) is 93.7 Å². The van der Waals surface area contributed by atoms with Crippen LogP contribution in [0.4, 0.5) is 10.7 Å². The van der Waals surface area contributed by atoms with Crippen LogP contribution < -0.4 is 15.5 Å². The van der Waals surface area contributed by atoms with Crippen molar-refractivity contribution in [3.05, 3.63) is 18.5 Å². The number of hydrogen-bond donors (Lipinski definition) is 2. The number of amides is 3. The summed E-state index contributed by atoms with van der Waals surface area (Å²) in [7, 11) is 0. The fourth-order valence-electron chi connectivity index (χ4n) is 5.09. The maximum atomic E-state index is 13.1. The lowest BCUT2D eigenvalue weighted by Crippen LogP contribution is -2.57. The monoisotopic (exact) mass is 443 g/mol. The van der Waals surface area contributed by atoms with E-state index in [0.29, 0.717) is 19.1 Å². The molecule has 0 spiro atoms. The molecule has 9 heteroatoms. The molecule has 3 fully saturated rings. The van der Waals surface area contributed by atoms with Crippen molar-refractivity contribution in [2.75, 3.05) is 44.2 Å². The first-order chi connectivity index (χ1) is 15.6. The SMILES string of the molecule is CC(C(=O)N1CCN(c2ncccn2)CC1)N1CCC(NC(=O)NC2CCCCC2)CC1. The lowest BCUT2D eigenvalue weighted by molar-refractivity contribution is -0.137. The summed E-state index contributed by atoms with van der Waals surface area (Å²) in [6.07, 6.45) is 11.2. The molecule has 1 saturated carbocycles. The molecular formula is C23H37N7O2. The van der Waals surface area contributed by atoms with Gasteiger partial charge in [-0.3, -0.25) is 9.69 Å². The van der Waals surface area contributed by atoms with Gasteiger partial charge in [-0.2, -0.15) is 0 Å². The zero-order chi connectivity index (χ0) is 22.3. The number of nitrogens with one attached hydrogen (secondary N) is 2. The van der Waals surface area contributed by atoms with Crippen molar-refractivity contribution in [3.8, 4) is 0 Å².